The summed E-state index contributed by atoms with van der Waals surface area (Å²) in [6, 6.07) is 28.7. The lowest BCUT2D eigenvalue weighted by atomic mass is 10.0. The smallest absolute Gasteiger partial charge is 0.475 e. The van der Waals surface area contributed by atoms with Crippen molar-refractivity contribution in [1.29, 1.82) is 0 Å². The zero-order chi connectivity index (χ0) is 23.1. The summed E-state index contributed by atoms with van der Waals surface area (Å²) in [4.78, 5) is 16.5. The Morgan fingerprint density at radius 1 is 0.750 bits per heavy atom. The van der Waals surface area contributed by atoms with Gasteiger partial charge in [-0.05, 0) is 28.2 Å². The van der Waals surface area contributed by atoms with Crippen LogP contribution in [0.3, 0.4) is 0 Å². The third-order valence-electron chi connectivity index (χ3n) is 4.34. The lowest BCUT2D eigenvalue weighted by molar-refractivity contribution is -0.591. The average Bonchev–Trinajstić information content (AvgIpc) is 2.79. The van der Waals surface area contributed by atoms with Gasteiger partial charge in [0.1, 0.15) is 11.9 Å². The quantitative estimate of drug-likeness (QED) is 0.252. The minimum absolute atomic E-state index is 0.161. The molecule has 2 aromatic carbocycles. The summed E-state index contributed by atoms with van der Waals surface area (Å²) >= 11 is 0. The average molecular weight is 440 g/mol. The monoisotopic (exact) mass is 440 g/mol. The molecule has 4 rings (SSSR count). The van der Waals surface area contributed by atoms with Crippen LogP contribution < -0.4 is 4.57 Å². The summed E-state index contributed by atoms with van der Waals surface area (Å²) in [5, 5.41) is 9.92. The first-order chi connectivity index (χ1) is 15.2. The molecule has 2 heterocycles. The highest BCUT2D eigenvalue weighted by Crippen LogP contribution is 2.26. The summed E-state index contributed by atoms with van der Waals surface area (Å²) < 4.78 is 40.7. The standard InChI is InChI=1S/C23H16N2O2.BF4/c26-23(27)21-16-19(17-9-3-1-4-10-17)15-20(18-11-5-2-6-12-18)25(21)22-13-7-8-14-24-22;2-1(3,4)5/h1-16H;/q;-1/p+1. The van der Waals surface area contributed by atoms with E-state index in [-0.39, 0.29) is 5.69 Å². The highest BCUT2D eigenvalue weighted by atomic mass is 19.5. The lowest BCUT2D eigenvalue weighted by Crippen LogP contribution is -2.41. The van der Waals surface area contributed by atoms with E-state index in [1.165, 1.54) is 0 Å². The number of carboxylic acids is 1. The second-order valence-corrected chi connectivity index (χ2v) is 6.57. The van der Waals surface area contributed by atoms with Crippen molar-refractivity contribution < 1.29 is 31.7 Å². The Bertz CT molecular complexity index is 1180. The van der Waals surface area contributed by atoms with Crippen LogP contribution in [0.5, 0.6) is 0 Å². The highest BCUT2D eigenvalue weighted by molar-refractivity contribution is 6.50. The van der Waals surface area contributed by atoms with Gasteiger partial charge in [0.25, 0.3) is 0 Å². The van der Waals surface area contributed by atoms with Crippen molar-refractivity contribution in [3.05, 3.63) is 103 Å². The summed E-state index contributed by atoms with van der Waals surface area (Å²) in [5.41, 5.74) is 3.66. The molecule has 1 N–H and O–H groups in total. The van der Waals surface area contributed by atoms with Crippen LogP contribution in [-0.2, 0) is 0 Å². The second kappa shape index (κ2) is 9.87. The molecule has 0 radical (unpaired) electrons. The van der Waals surface area contributed by atoms with E-state index in [9.17, 15) is 27.2 Å². The molecule has 0 amide bonds. The first-order valence-corrected chi connectivity index (χ1v) is 9.47. The number of hydrogen-bond donors (Lipinski definition) is 1. The van der Waals surface area contributed by atoms with Gasteiger partial charge in [-0.25, -0.2) is 4.79 Å². The predicted molar refractivity (Wildman–Crippen MR) is 114 cm³/mol. The fraction of sp³-hybridized carbons (Fsp3) is 0. The SMILES string of the molecule is F[B-](F)(F)F.O=C(O)c1cc(-c2ccccc2)cc(-c2ccccc2)[n+]1-c1ccccn1. The number of pyridine rings is 2. The van der Waals surface area contributed by atoms with E-state index in [0.29, 0.717) is 5.82 Å². The largest absolute Gasteiger partial charge is 0.673 e. The molecule has 0 aliphatic carbocycles. The molecule has 0 atom stereocenters. The van der Waals surface area contributed by atoms with E-state index in [4.69, 9.17) is 0 Å². The molecule has 0 saturated carbocycles. The summed E-state index contributed by atoms with van der Waals surface area (Å²) in [6.07, 6.45) is 1.66. The third-order valence-corrected chi connectivity index (χ3v) is 4.34. The first-order valence-electron chi connectivity index (χ1n) is 9.47. The van der Waals surface area contributed by atoms with E-state index in [1.54, 1.807) is 22.9 Å². The molecule has 0 aliphatic rings. The van der Waals surface area contributed by atoms with Crippen molar-refractivity contribution in [2.75, 3.05) is 0 Å². The topological polar surface area (TPSA) is 54.1 Å². The van der Waals surface area contributed by atoms with Gasteiger partial charge in [0, 0.05) is 17.7 Å². The van der Waals surface area contributed by atoms with Gasteiger partial charge >= 0.3 is 19.0 Å². The van der Waals surface area contributed by atoms with Gasteiger partial charge in [0.2, 0.25) is 5.69 Å². The van der Waals surface area contributed by atoms with Crippen LogP contribution in [0.4, 0.5) is 17.3 Å². The maximum absolute atomic E-state index is 12.1. The minimum atomic E-state index is -6.00. The number of carbonyl (C=O) groups is 1. The summed E-state index contributed by atoms with van der Waals surface area (Å²) in [5.74, 6) is -0.441. The van der Waals surface area contributed by atoms with Crippen molar-refractivity contribution in [3.63, 3.8) is 0 Å². The number of aromatic nitrogens is 2. The Kier molecular flexibility index (Phi) is 6.99. The van der Waals surface area contributed by atoms with Crippen molar-refractivity contribution in [2.45, 2.75) is 0 Å². The van der Waals surface area contributed by atoms with E-state index >= 15 is 0 Å². The minimum Gasteiger partial charge on any atom is -0.475 e. The molecule has 4 aromatic rings. The van der Waals surface area contributed by atoms with Crippen LogP contribution in [0.25, 0.3) is 28.2 Å². The number of carboxylic acid groups (broad SMARTS) is 1. The Morgan fingerprint density at radius 3 is 1.78 bits per heavy atom. The molecule has 9 heteroatoms. The molecule has 4 nitrogen and oxygen atoms in total. The Balaban J connectivity index is 0.000000523. The van der Waals surface area contributed by atoms with Crippen LogP contribution in [0.1, 0.15) is 10.5 Å². The van der Waals surface area contributed by atoms with Crippen LogP contribution in [-0.4, -0.2) is 23.3 Å². The van der Waals surface area contributed by atoms with Crippen LogP contribution in [0.2, 0.25) is 0 Å². The molecule has 0 spiro atoms. The highest BCUT2D eigenvalue weighted by Gasteiger charge is 2.25. The second-order valence-electron chi connectivity index (χ2n) is 6.57. The zero-order valence-electron chi connectivity index (χ0n) is 16.6. The Labute approximate surface area is 181 Å². The van der Waals surface area contributed by atoms with E-state index < -0.39 is 13.2 Å². The number of benzene rings is 2. The number of halogens is 4. The normalized spacial score (nSPS) is 10.8. The third kappa shape index (κ3) is 6.01. The van der Waals surface area contributed by atoms with Gasteiger partial charge < -0.3 is 22.4 Å². The van der Waals surface area contributed by atoms with Gasteiger partial charge in [0.05, 0.1) is 0 Å². The summed E-state index contributed by atoms with van der Waals surface area (Å²) in [6.45, 7) is 0. The van der Waals surface area contributed by atoms with Gasteiger partial charge in [-0.2, -0.15) is 4.57 Å². The lowest BCUT2D eigenvalue weighted by Gasteiger charge is -2.12. The molecule has 0 aliphatic heterocycles. The van der Waals surface area contributed by atoms with Crippen molar-refractivity contribution in [3.8, 4) is 28.2 Å². The molecular weight excluding hydrogens is 423 g/mol. The van der Waals surface area contributed by atoms with Crippen LogP contribution in [0.15, 0.2) is 97.2 Å². The summed E-state index contributed by atoms with van der Waals surface area (Å²) in [7, 11) is -6.00. The number of aromatic carboxylic acids is 1. The molecular formula is C23H17BF4N2O2. The molecule has 162 valence electrons. The van der Waals surface area contributed by atoms with Crippen molar-refractivity contribution in [1.82, 2.24) is 4.98 Å². The number of rotatable bonds is 4. The maximum Gasteiger partial charge on any atom is 0.673 e. The van der Waals surface area contributed by atoms with Crippen molar-refractivity contribution >= 4 is 13.2 Å². The fourth-order valence-electron chi connectivity index (χ4n) is 3.10. The molecule has 0 saturated heterocycles. The Hall–Kier alpha value is -4.01. The van der Waals surface area contributed by atoms with Gasteiger partial charge in [-0.3, -0.25) is 0 Å². The predicted octanol–water partition coefficient (Wildman–Crippen LogP) is 5.69. The van der Waals surface area contributed by atoms with E-state index in [2.05, 4.69) is 4.98 Å². The fourth-order valence-corrected chi connectivity index (χ4v) is 3.10. The van der Waals surface area contributed by atoms with Crippen LogP contribution in [0, 0.1) is 0 Å². The van der Waals surface area contributed by atoms with Gasteiger partial charge in [-0.15, -0.1) is 0 Å². The number of hydrogen-bond acceptors (Lipinski definition) is 2. The van der Waals surface area contributed by atoms with Gasteiger partial charge in [-0.1, -0.05) is 66.7 Å². The molecule has 0 bridgehead atoms. The Morgan fingerprint density at radius 2 is 1.28 bits per heavy atom. The molecule has 0 fully saturated rings. The van der Waals surface area contributed by atoms with Crippen LogP contribution >= 0.6 is 0 Å². The molecule has 0 unspecified atom stereocenters. The zero-order valence-corrected chi connectivity index (χ0v) is 16.6. The first kappa shape index (κ1) is 22.7. The maximum atomic E-state index is 12.1. The van der Waals surface area contributed by atoms with Gasteiger partial charge in [0.15, 0.2) is 0 Å². The molecule has 32 heavy (non-hydrogen) atoms. The number of nitrogens with zero attached hydrogens (tertiary/aromatic N) is 2. The molecule has 2 aromatic heterocycles. The van der Waals surface area contributed by atoms with E-state index in [0.717, 1.165) is 22.4 Å². The van der Waals surface area contributed by atoms with Crippen molar-refractivity contribution in [2.24, 2.45) is 0 Å². The van der Waals surface area contributed by atoms with E-state index in [1.807, 2.05) is 78.9 Å².